The lowest BCUT2D eigenvalue weighted by atomic mass is 10.1. The number of amides is 1. The molecule has 192 valence electrons. The van der Waals surface area contributed by atoms with Gasteiger partial charge in [-0.2, -0.15) is 4.68 Å². The summed E-state index contributed by atoms with van der Waals surface area (Å²) >= 11 is 6.19. The summed E-state index contributed by atoms with van der Waals surface area (Å²) in [7, 11) is 1.62. The van der Waals surface area contributed by atoms with E-state index >= 15 is 0 Å². The lowest BCUT2D eigenvalue weighted by Gasteiger charge is -2.26. The Labute approximate surface area is 215 Å². The summed E-state index contributed by atoms with van der Waals surface area (Å²) in [6.07, 6.45) is 0.762. The highest BCUT2D eigenvalue weighted by Gasteiger charge is 2.20. The molecule has 0 saturated carbocycles. The lowest BCUT2D eigenvalue weighted by molar-refractivity contribution is -0.121. The molecule has 1 N–H and O–H groups in total. The van der Waals surface area contributed by atoms with Crippen LogP contribution in [0.25, 0.3) is 11.4 Å². The van der Waals surface area contributed by atoms with Gasteiger partial charge in [0.05, 0.1) is 38.1 Å². The van der Waals surface area contributed by atoms with Gasteiger partial charge in [-0.3, -0.25) is 9.69 Å². The van der Waals surface area contributed by atoms with Gasteiger partial charge in [0.2, 0.25) is 5.91 Å². The van der Waals surface area contributed by atoms with Crippen LogP contribution in [-0.2, 0) is 22.4 Å². The van der Waals surface area contributed by atoms with Crippen LogP contribution in [0.4, 0.5) is 0 Å². The molecule has 2 aromatic carbocycles. The van der Waals surface area contributed by atoms with Crippen LogP contribution in [0, 0.1) is 0 Å². The fraction of sp³-hybridized carbons (Fsp3) is 0.423. The van der Waals surface area contributed by atoms with Gasteiger partial charge in [-0.1, -0.05) is 23.7 Å². The van der Waals surface area contributed by atoms with E-state index < -0.39 is 5.69 Å². The maximum atomic E-state index is 13.6. The average Bonchev–Trinajstić information content (AvgIpc) is 3.18. The van der Waals surface area contributed by atoms with Crippen molar-refractivity contribution >= 4 is 17.5 Å². The van der Waals surface area contributed by atoms with E-state index in [0.717, 1.165) is 44.8 Å². The molecule has 1 amide bonds. The number of carbonyl (C=O) groups is 1. The number of morpholine rings is 1. The zero-order chi connectivity index (χ0) is 25.7. The Morgan fingerprint density at radius 1 is 1.17 bits per heavy atom. The topological polar surface area (TPSA) is 90.6 Å². The molecule has 1 aromatic heterocycles. The molecule has 0 radical (unpaired) electrons. The second kappa shape index (κ2) is 11.7. The molecule has 3 aromatic rings. The van der Waals surface area contributed by atoms with Crippen molar-refractivity contribution in [3.8, 4) is 17.1 Å². The van der Waals surface area contributed by atoms with Crippen molar-refractivity contribution < 1.29 is 14.3 Å². The van der Waals surface area contributed by atoms with E-state index in [2.05, 4.69) is 15.3 Å². The van der Waals surface area contributed by atoms with Gasteiger partial charge in [0.15, 0.2) is 0 Å². The van der Waals surface area contributed by atoms with E-state index in [1.54, 1.807) is 31.4 Å². The first-order chi connectivity index (χ1) is 17.4. The largest absolute Gasteiger partial charge is 0.496 e. The lowest BCUT2D eigenvalue weighted by Crippen LogP contribution is -2.37. The maximum absolute atomic E-state index is 13.6. The third-order valence-corrected chi connectivity index (χ3v) is 6.23. The number of rotatable bonds is 9. The second-order valence-electron chi connectivity index (χ2n) is 9.03. The van der Waals surface area contributed by atoms with Crippen LogP contribution in [-0.4, -0.2) is 71.2 Å². The number of methoxy groups -OCH3 is 1. The van der Waals surface area contributed by atoms with Gasteiger partial charge in [-0.15, -0.1) is 5.10 Å². The minimum Gasteiger partial charge on any atom is -0.496 e. The molecule has 1 aliphatic rings. The molecule has 0 bridgehead atoms. The highest BCUT2D eigenvalue weighted by molar-refractivity contribution is 6.30. The van der Waals surface area contributed by atoms with E-state index in [9.17, 15) is 9.59 Å². The Kier molecular flexibility index (Phi) is 8.45. The molecule has 0 spiro atoms. The highest BCUT2D eigenvalue weighted by Crippen LogP contribution is 2.23. The summed E-state index contributed by atoms with van der Waals surface area (Å²) in [5, 5.41) is 7.88. The van der Waals surface area contributed by atoms with Crippen LogP contribution >= 0.6 is 11.6 Å². The number of ether oxygens (including phenoxy) is 2. The van der Waals surface area contributed by atoms with Crippen molar-refractivity contribution in [2.75, 3.05) is 40.0 Å². The van der Waals surface area contributed by atoms with E-state index in [0.29, 0.717) is 28.0 Å². The molecule has 0 atom stereocenters. The fourth-order valence-corrected chi connectivity index (χ4v) is 4.44. The minimum atomic E-state index is -0.396. The van der Waals surface area contributed by atoms with Crippen molar-refractivity contribution in [1.29, 1.82) is 0 Å². The summed E-state index contributed by atoms with van der Waals surface area (Å²) in [6.45, 7) is 8.02. The number of carbonyl (C=O) groups excluding carboxylic acids is 1. The number of nitrogens with zero attached hydrogens (tertiary/aromatic N) is 4. The van der Waals surface area contributed by atoms with E-state index in [-0.39, 0.29) is 18.4 Å². The van der Waals surface area contributed by atoms with Crippen molar-refractivity contribution in [3.05, 3.63) is 69.4 Å². The molecule has 1 aliphatic heterocycles. The Morgan fingerprint density at radius 2 is 1.94 bits per heavy atom. The average molecular weight is 514 g/mol. The first-order valence-electron chi connectivity index (χ1n) is 12.1. The molecule has 2 heterocycles. The molecule has 1 saturated heterocycles. The monoisotopic (exact) mass is 513 g/mol. The normalized spacial score (nSPS) is 14.2. The molecule has 10 heteroatoms. The first kappa shape index (κ1) is 25.9. The Balaban J connectivity index is 1.67. The van der Waals surface area contributed by atoms with Gasteiger partial charge in [0.1, 0.15) is 11.6 Å². The van der Waals surface area contributed by atoms with Crippen LogP contribution < -0.4 is 15.7 Å². The number of aromatic nitrogens is 3. The molecular weight excluding hydrogens is 482 g/mol. The predicted octanol–water partition coefficient (Wildman–Crippen LogP) is 2.63. The third kappa shape index (κ3) is 6.16. The van der Waals surface area contributed by atoms with Crippen molar-refractivity contribution in [2.24, 2.45) is 0 Å². The van der Waals surface area contributed by atoms with Crippen LogP contribution in [0.15, 0.2) is 47.3 Å². The van der Waals surface area contributed by atoms with Crippen LogP contribution in [0.5, 0.6) is 5.75 Å². The van der Waals surface area contributed by atoms with E-state index in [1.807, 2.05) is 32.0 Å². The van der Waals surface area contributed by atoms with Crippen LogP contribution in [0.2, 0.25) is 5.02 Å². The number of nitrogens with one attached hydrogen (secondary N) is 1. The van der Waals surface area contributed by atoms with Gasteiger partial charge in [0.25, 0.3) is 0 Å². The summed E-state index contributed by atoms with van der Waals surface area (Å²) in [5.74, 6) is 0.779. The zero-order valence-corrected chi connectivity index (χ0v) is 21.6. The first-order valence-corrected chi connectivity index (χ1v) is 12.5. The molecule has 36 heavy (non-hydrogen) atoms. The Bertz CT molecular complexity index is 1260. The van der Waals surface area contributed by atoms with Crippen LogP contribution in [0.1, 0.15) is 25.2 Å². The smallest absolute Gasteiger partial charge is 0.355 e. The maximum Gasteiger partial charge on any atom is 0.355 e. The zero-order valence-electron chi connectivity index (χ0n) is 20.9. The summed E-state index contributed by atoms with van der Waals surface area (Å²) < 4.78 is 13.8. The predicted molar refractivity (Wildman–Crippen MR) is 139 cm³/mol. The van der Waals surface area contributed by atoms with Crippen molar-refractivity contribution in [3.63, 3.8) is 0 Å². The number of hydrogen-bond donors (Lipinski definition) is 1. The Hall–Kier alpha value is -3.14. The molecule has 1 fully saturated rings. The minimum absolute atomic E-state index is 0.0276. The van der Waals surface area contributed by atoms with Gasteiger partial charge in [-0.25, -0.2) is 9.36 Å². The second-order valence-corrected chi connectivity index (χ2v) is 9.46. The summed E-state index contributed by atoms with van der Waals surface area (Å²) in [4.78, 5) is 28.5. The SMILES string of the molecule is COc1cc(-n2nc(CC(=O)NC(C)C)n(-c3cccc(Cl)c3)c2=O)ccc1CCN1CCOCC1. The molecular formula is C26H32ClN5O4. The molecule has 0 aliphatic carbocycles. The van der Waals surface area contributed by atoms with Crippen molar-refractivity contribution in [2.45, 2.75) is 32.7 Å². The number of halogens is 1. The highest BCUT2D eigenvalue weighted by atomic mass is 35.5. The van der Waals surface area contributed by atoms with Crippen molar-refractivity contribution in [1.82, 2.24) is 24.6 Å². The fourth-order valence-electron chi connectivity index (χ4n) is 4.26. The number of benzene rings is 2. The van der Waals surface area contributed by atoms with Gasteiger partial charge in [-0.05, 0) is 50.1 Å². The molecule has 0 unspecified atom stereocenters. The standard InChI is InChI=1S/C26H32ClN5O4/c1-18(2)28-25(33)17-24-29-32(26(34)31(24)21-6-4-5-20(27)15-21)22-8-7-19(23(16-22)35-3)9-10-30-11-13-36-14-12-30/h4-8,15-16,18H,9-14,17H2,1-3H3,(H,28,33). The summed E-state index contributed by atoms with van der Waals surface area (Å²) in [6, 6.07) is 12.5. The third-order valence-electron chi connectivity index (χ3n) is 6.00. The molecule has 9 nitrogen and oxygen atoms in total. The van der Waals surface area contributed by atoms with Gasteiger partial charge < -0.3 is 14.8 Å². The van der Waals surface area contributed by atoms with Crippen LogP contribution in [0.3, 0.4) is 0 Å². The quantitative estimate of drug-likeness (QED) is 0.473. The molecule has 4 rings (SSSR count). The number of hydrogen-bond acceptors (Lipinski definition) is 6. The van der Waals surface area contributed by atoms with E-state index in [4.69, 9.17) is 21.1 Å². The summed E-state index contributed by atoms with van der Waals surface area (Å²) in [5.41, 5.74) is 1.75. The Morgan fingerprint density at radius 3 is 2.64 bits per heavy atom. The van der Waals surface area contributed by atoms with Gasteiger partial charge >= 0.3 is 5.69 Å². The van der Waals surface area contributed by atoms with E-state index in [1.165, 1.54) is 9.25 Å². The van der Waals surface area contributed by atoms with Gasteiger partial charge in [0, 0.05) is 36.8 Å².